The van der Waals surface area contributed by atoms with E-state index in [4.69, 9.17) is 5.73 Å². The molecule has 2 aromatic rings. The highest BCUT2D eigenvalue weighted by atomic mass is 16.6. The number of nitrogen functional groups attached to an aromatic ring is 1. The molecule has 4 nitrogen and oxygen atoms in total. The lowest BCUT2D eigenvalue weighted by molar-refractivity contribution is -0.384. The van der Waals surface area contributed by atoms with Crippen molar-refractivity contribution in [1.82, 2.24) is 0 Å². The average Bonchev–Trinajstić information content (AvgIpc) is 2.41. The molecule has 0 unspecified atom stereocenters. The zero-order chi connectivity index (χ0) is 13.7. The lowest BCUT2D eigenvalue weighted by atomic mass is 10.0. The summed E-state index contributed by atoms with van der Waals surface area (Å²) in [4.78, 5) is 10.2. The standard InChI is InChI=1S/C15H16N2O2/c16-14-8-4-12(5-9-14)2-1-3-13-6-10-15(11-7-13)17(18)19/h4-11H,1-3,16H2. The van der Waals surface area contributed by atoms with Gasteiger partial charge in [-0.3, -0.25) is 10.1 Å². The maximum absolute atomic E-state index is 10.5. The van der Waals surface area contributed by atoms with Crippen molar-refractivity contribution in [2.45, 2.75) is 19.3 Å². The molecule has 0 radical (unpaired) electrons. The van der Waals surface area contributed by atoms with Gasteiger partial charge in [0, 0.05) is 17.8 Å². The van der Waals surface area contributed by atoms with Crippen LogP contribution in [0, 0.1) is 10.1 Å². The fraction of sp³-hybridized carbons (Fsp3) is 0.200. The molecule has 0 heterocycles. The molecular weight excluding hydrogens is 240 g/mol. The molecule has 0 aromatic heterocycles. The number of aryl methyl sites for hydroxylation is 2. The van der Waals surface area contributed by atoms with E-state index in [1.54, 1.807) is 12.1 Å². The number of hydrogen-bond donors (Lipinski definition) is 1. The topological polar surface area (TPSA) is 69.2 Å². The van der Waals surface area contributed by atoms with E-state index in [1.807, 2.05) is 36.4 Å². The third kappa shape index (κ3) is 3.81. The van der Waals surface area contributed by atoms with E-state index in [-0.39, 0.29) is 10.6 Å². The number of nitrogens with two attached hydrogens (primary N) is 1. The summed E-state index contributed by atoms with van der Waals surface area (Å²) < 4.78 is 0. The van der Waals surface area contributed by atoms with Crippen molar-refractivity contribution in [3.8, 4) is 0 Å². The summed E-state index contributed by atoms with van der Waals surface area (Å²) in [7, 11) is 0. The fourth-order valence-electron chi connectivity index (χ4n) is 1.97. The van der Waals surface area contributed by atoms with Gasteiger partial charge in [-0.1, -0.05) is 24.3 Å². The molecule has 0 saturated heterocycles. The molecule has 0 spiro atoms. The number of nitro groups is 1. The van der Waals surface area contributed by atoms with Gasteiger partial charge < -0.3 is 5.73 Å². The van der Waals surface area contributed by atoms with Gasteiger partial charge in [0.05, 0.1) is 4.92 Å². The summed E-state index contributed by atoms with van der Waals surface area (Å²) >= 11 is 0. The van der Waals surface area contributed by atoms with Gasteiger partial charge in [-0.15, -0.1) is 0 Å². The van der Waals surface area contributed by atoms with Gasteiger partial charge in [0.25, 0.3) is 5.69 Å². The van der Waals surface area contributed by atoms with E-state index in [0.29, 0.717) is 0 Å². The van der Waals surface area contributed by atoms with E-state index >= 15 is 0 Å². The largest absolute Gasteiger partial charge is 0.399 e. The third-order valence-electron chi connectivity index (χ3n) is 3.06. The first-order chi connectivity index (χ1) is 9.15. The molecule has 98 valence electrons. The van der Waals surface area contributed by atoms with Crippen LogP contribution in [0.2, 0.25) is 0 Å². The number of non-ortho nitro benzene ring substituents is 1. The summed E-state index contributed by atoms with van der Waals surface area (Å²) in [5.41, 5.74) is 8.93. The highest BCUT2D eigenvalue weighted by Crippen LogP contribution is 2.14. The predicted molar refractivity (Wildman–Crippen MR) is 76.0 cm³/mol. The van der Waals surface area contributed by atoms with Crippen LogP contribution in [0.4, 0.5) is 11.4 Å². The Balaban J connectivity index is 1.85. The van der Waals surface area contributed by atoms with Gasteiger partial charge in [0.15, 0.2) is 0 Å². The Morgan fingerprint density at radius 2 is 1.37 bits per heavy atom. The maximum Gasteiger partial charge on any atom is 0.269 e. The number of rotatable bonds is 5. The minimum atomic E-state index is -0.377. The van der Waals surface area contributed by atoms with Gasteiger partial charge in [-0.2, -0.15) is 0 Å². The van der Waals surface area contributed by atoms with E-state index in [1.165, 1.54) is 5.56 Å². The Kier molecular flexibility index (Phi) is 4.13. The lowest BCUT2D eigenvalue weighted by Crippen LogP contribution is -1.92. The second kappa shape index (κ2) is 6.00. The Morgan fingerprint density at radius 3 is 1.84 bits per heavy atom. The highest BCUT2D eigenvalue weighted by Gasteiger charge is 2.03. The quantitative estimate of drug-likeness (QED) is 0.506. The number of nitrogens with zero attached hydrogens (tertiary/aromatic N) is 1. The van der Waals surface area contributed by atoms with Crippen LogP contribution in [0.1, 0.15) is 17.5 Å². The van der Waals surface area contributed by atoms with E-state index in [0.717, 1.165) is 30.5 Å². The molecule has 4 heteroatoms. The first-order valence-corrected chi connectivity index (χ1v) is 6.23. The smallest absolute Gasteiger partial charge is 0.269 e. The molecule has 0 aliphatic heterocycles. The first kappa shape index (κ1) is 13.1. The molecule has 2 N–H and O–H groups in total. The van der Waals surface area contributed by atoms with E-state index in [9.17, 15) is 10.1 Å². The average molecular weight is 256 g/mol. The van der Waals surface area contributed by atoms with Crippen molar-refractivity contribution in [3.63, 3.8) is 0 Å². The molecule has 0 aliphatic rings. The van der Waals surface area contributed by atoms with Gasteiger partial charge in [0.2, 0.25) is 0 Å². The lowest BCUT2D eigenvalue weighted by Gasteiger charge is -2.03. The third-order valence-corrected chi connectivity index (χ3v) is 3.06. The Morgan fingerprint density at radius 1 is 0.895 bits per heavy atom. The second-order valence-corrected chi connectivity index (χ2v) is 4.52. The van der Waals surface area contributed by atoms with E-state index < -0.39 is 0 Å². The molecule has 0 amide bonds. The summed E-state index contributed by atoms with van der Waals surface area (Å²) in [6, 6.07) is 14.6. The van der Waals surface area contributed by atoms with Crippen molar-refractivity contribution in [2.24, 2.45) is 0 Å². The minimum absolute atomic E-state index is 0.141. The van der Waals surface area contributed by atoms with Gasteiger partial charge in [-0.25, -0.2) is 0 Å². The SMILES string of the molecule is Nc1ccc(CCCc2ccc([N+](=O)[O-])cc2)cc1. The molecule has 0 aliphatic carbocycles. The van der Waals surface area contributed by atoms with Crippen LogP contribution in [-0.2, 0) is 12.8 Å². The minimum Gasteiger partial charge on any atom is -0.399 e. The number of benzene rings is 2. The molecule has 0 fully saturated rings. The van der Waals surface area contributed by atoms with Crippen LogP contribution in [0.15, 0.2) is 48.5 Å². The molecule has 2 aromatic carbocycles. The summed E-state index contributed by atoms with van der Waals surface area (Å²) in [5.74, 6) is 0. The van der Waals surface area contributed by atoms with Gasteiger partial charge >= 0.3 is 0 Å². The fourth-order valence-corrected chi connectivity index (χ4v) is 1.97. The normalized spacial score (nSPS) is 10.3. The van der Waals surface area contributed by atoms with Crippen molar-refractivity contribution in [3.05, 3.63) is 69.8 Å². The first-order valence-electron chi connectivity index (χ1n) is 6.23. The number of hydrogen-bond acceptors (Lipinski definition) is 3. The molecule has 2 rings (SSSR count). The zero-order valence-electron chi connectivity index (χ0n) is 10.6. The monoisotopic (exact) mass is 256 g/mol. The molecular formula is C15H16N2O2. The number of nitro benzene ring substituents is 1. The predicted octanol–water partition coefficient (Wildman–Crippen LogP) is 3.35. The van der Waals surface area contributed by atoms with Crippen LogP contribution in [0.3, 0.4) is 0 Å². The summed E-state index contributed by atoms with van der Waals surface area (Å²) in [5, 5.41) is 10.5. The van der Waals surface area contributed by atoms with Crippen LogP contribution < -0.4 is 5.73 Å². The van der Waals surface area contributed by atoms with Crippen molar-refractivity contribution in [2.75, 3.05) is 5.73 Å². The highest BCUT2D eigenvalue weighted by molar-refractivity contribution is 5.39. The molecule has 0 atom stereocenters. The van der Waals surface area contributed by atoms with E-state index in [2.05, 4.69) is 0 Å². The van der Waals surface area contributed by atoms with Gasteiger partial charge in [-0.05, 0) is 42.5 Å². The van der Waals surface area contributed by atoms with Crippen molar-refractivity contribution in [1.29, 1.82) is 0 Å². The maximum atomic E-state index is 10.5. The molecule has 0 bridgehead atoms. The van der Waals surface area contributed by atoms with Gasteiger partial charge in [0.1, 0.15) is 0 Å². The molecule has 19 heavy (non-hydrogen) atoms. The Labute approximate surface area is 112 Å². The number of anilines is 1. The zero-order valence-corrected chi connectivity index (χ0v) is 10.6. The molecule has 0 saturated carbocycles. The Bertz CT molecular complexity index is 547. The van der Waals surface area contributed by atoms with Crippen LogP contribution in [0.5, 0.6) is 0 Å². The van der Waals surface area contributed by atoms with Crippen molar-refractivity contribution < 1.29 is 4.92 Å². The summed E-state index contributed by atoms with van der Waals surface area (Å²) in [6.45, 7) is 0. The van der Waals surface area contributed by atoms with Crippen LogP contribution >= 0.6 is 0 Å². The summed E-state index contributed by atoms with van der Waals surface area (Å²) in [6.07, 6.45) is 2.92. The van der Waals surface area contributed by atoms with Crippen LogP contribution in [0.25, 0.3) is 0 Å². The Hall–Kier alpha value is -2.36. The second-order valence-electron chi connectivity index (χ2n) is 4.52. The van der Waals surface area contributed by atoms with Crippen molar-refractivity contribution >= 4 is 11.4 Å². The van der Waals surface area contributed by atoms with Crippen LogP contribution in [-0.4, -0.2) is 4.92 Å².